The number of rotatable bonds is 3. The molecule has 3 rings (SSSR count). The molecule has 0 spiro atoms. The fourth-order valence-electron chi connectivity index (χ4n) is 3.64. The molecule has 80 valence electrons. The van der Waals surface area contributed by atoms with E-state index in [9.17, 15) is 0 Å². The van der Waals surface area contributed by atoms with Gasteiger partial charge in [-0.2, -0.15) is 0 Å². The zero-order chi connectivity index (χ0) is 9.54. The van der Waals surface area contributed by atoms with Crippen molar-refractivity contribution in [3.8, 4) is 0 Å². The molecular weight excluding hydrogens is 172 g/mol. The van der Waals surface area contributed by atoms with Crippen molar-refractivity contribution < 1.29 is 0 Å². The lowest BCUT2D eigenvalue weighted by atomic mass is 9.97. The van der Waals surface area contributed by atoms with Gasteiger partial charge in [0.05, 0.1) is 0 Å². The maximum atomic E-state index is 3.64. The summed E-state index contributed by atoms with van der Waals surface area (Å²) in [6, 6.07) is 3.69. The van der Waals surface area contributed by atoms with Crippen LogP contribution in [0.15, 0.2) is 0 Å². The van der Waals surface area contributed by atoms with Crippen LogP contribution in [0.3, 0.4) is 0 Å². The second-order valence-corrected chi connectivity index (χ2v) is 5.29. The maximum Gasteiger partial charge on any atom is 0.0116 e. The summed E-state index contributed by atoms with van der Waals surface area (Å²) in [5.41, 5.74) is 0. The van der Waals surface area contributed by atoms with Crippen LogP contribution >= 0.6 is 0 Å². The lowest BCUT2D eigenvalue weighted by molar-refractivity contribution is 0.109. The average molecular weight is 194 g/mol. The van der Waals surface area contributed by atoms with E-state index in [0.29, 0.717) is 0 Å². The number of fused-ring (bicyclic) bond motifs is 2. The minimum absolute atomic E-state index is 0.826. The Balaban J connectivity index is 1.66. The van der Waals surface area contributed by atoms with E-state index < -0.39 is 0 Å². The van der Waals surface area contributed by atoms with Crippen LogP contribution in [0.5, 0.6) is 0 Å². The van der Waals surface area contributed by atoms with Crippen molar-refractivity contribution in [1.29, 1.82) is 0 Å². The molecule has 2 saturated heterocycles. The summed E-state index contributed by atoms with van der Waals surface area (Å²) in [5, 5.41) is 3.64. The Hall–Kier alpha value is -0.0800. The molecule has 0 aromatic heterocycles. The second-order valence-electron chi connectivity index (χ2n) is 5.29. The molecular formula is C12H22N2. The van der Waals surface area contributed by atoms with Crippen LogP contribution < -0.4 is 5.32 Å². The molecule has 1 saturated carbocycles. The monoisotopic (exact) mass is 194 g/mol. The molecule has 2 aliphatic heterocycles. The highest BCUT2D eigenvalue weighted by Gasteiger charge is 2.46. The van der Waals surface area contributed by atoms with E-state index in [1.165, 1.54) is 38.5 Å². The molecule has 2 unspecified atom stereocenters. The van der Waals surface area contributed by atoms with Crippen LogP contribution in [0.1, 0.15) is 45.4 Å². The Morgan fingerprint density at radius 3 is 2.07 bits per heavy atom. The molecule has 2 bridgehead atoms. The van der Waals surface area contributed by atoms with Crippen LogP contribution in [-0.4, -0.2) is 35.6 Å². The molecule has 14 heavy (non-hydrogen) atoms. The highest BCUT2D eigenvalue weighted by Crippen LogP contribution is 2.43. The first-order chi connectivity index (χ1) is 6.88. The molecule has 2 nitrogen and oxygen atoms in total. The Morgan fingerprint density at radius 1 is 1.00 bits per heavy atom. The summed E-state index contributed by atoms with van der Waals surface area (Å²) in [6.07, 6.45) is 8.76. The van der Waals surface area contributed by atoms with Gasteiger partial charge in [0.1, 0.15) is 0 Å². The van der Waals surface area contributed by atoms with Gasteiger partial charge < -0.3 is 5.32 Å². The molecule has 3 fully saturated rings. The van der Waals surface area contributed by atoms with Gasteiger partial charge in [0.25, 0.3) is 0 Å². The molecule has 2 atom stereocenters. The predicted octanol–water partition coefficient (Wildman–Crippen LogP) is 1.75. The van der Waals surface area contributed by atoms with Crippen molar-refractivity contribution in [2.24, 2.45) is 0 Å². The van der Waals surface area contributed by atoms with Crippen LogP contribution in [0.25, 0.3) is 0 Å². The van der Waals surface area contributed by atoms with Gasteiger partial charge in [-0.1, -0.05) is 6.92 Å². The van der Waals surface area contributed by atoms with Crippen molar-refractivity contribution in [2.45, 2.75) is 69.6 Å². The third-order valence-electron chi connectivity index (χ3n) is 4.25. The maximum absolute atomic E-state index is 3.64. The summed E-state index contributed by atoms with van der Waals surface area (Å²) in [4.78, 5) is 2.87. The van der Waals surface area contributed by atoms with E-state index in [1.807, 2.05) is 0 Å². The van der Waals surface area contributed by atoms with Crippen molar-refractivity contribution in [3.63, 3.8) is 0 Å². The van der Waals surface area contributed by atoms with Gasteiger partial charge in [-0.15, -0.1) is 0 Å². The fourth-order valence-corrected chi connectivity index (χ4v) is 3.64. The molecule has 2 heteroatoms. The van der Waals surface area contributed by atoms with Crippen molar-refractivity contribution in [1.82, 2.24) is 10.2 Å². The van der Waals surface area contributed by atoms with Crippen LogP contribution in [0.2, 0.25) is 0 Å². The molecule has 0 radical (unpaired) electrons. The predicted molar refractivity (Wildman–Crippen MR) is 58.4 cm³/mol. The largest absolute Gasteiger partial charge is 0.314 e. The van der Waals surface area contributed by atoms with Gasteiger partial charge in [-0.3, -0.25) is 4.90 Å². The van der Waals surface area contributed by atoms with Gasteiger partial charge in [0.15, 0.2) is 0 Å². The van der Waals surface area contributed by atoms with E-state index >= 15 is 0 Å². The summed E-state index contributed by atoms with van der Waals surface area (Å²) in [6.45, 7) is 3.38. The highest BCUT2D eigenvalue weighted by molar-refractivity contribution is 5.03. The molecule has 1 aliphatic carbocycles. The van der Waals surface area contributed by atoms with Crippen LogP contribution in [0, 0.1) is 0 Å². The van der Waals surface area contributed by atoms with E-state index in [-0.39, 0.29) is 0 Å². The minimum atomic E-state index is 0.826. The zero-order valence-electron chi connectivity index (χ0n) is 9.21. The molecule has 3 aliphatic rings. The van der Waals surface area contributed by atoms with Gasteiger partial charge >= 0.3 is 0 Å². The number of nitrogens with one attached hydrogen (secondary N) is 1. The Morgan fingerprint density at radius 2 is 1.57 bits per heavy atom. The normalized spacial score (nSPS) is 43.1. The Bertz CT molecular complexity index is 198. The van der Waals surface area contributed by atoms with Crippen LogP contribution in [0.4, 0.5) is 0 Å². The number of nitrogens with zero attached hydrogens (tertiary/aromatic N) is 1. The van der Waals surface area contributed by atoms with Crippen LogP contribution in [-0.2, 0) is 0 Å². The van der Waals surface area contributed by atoms with Crippen molar-refractivity contribution in [3.05, 3.63) is 0 Å². The molecule has 0 aromatic rings. The summed E-state index contributed by atoms with van der Waals surface area (Å²) < 4.78 is 0. The average Bonchev–Trinajstić information content (AvgIpc) is 2.96. The summed E-state index contributed by atoms with van der Waals surface area (Å²) in [5.74, 6) is 0. The summed E-state index contributed by atoms with van der Waals surface area (Å²) >= 11 is 0. The minimum Gasteiger partial charge on any atom is -0.314 e. The number of hydrogen-bond donors (Lipinski definition) is 1. The first kappa shape index (κ1) is 9.17. The third kappa shape index (κ3) is 1.49. The number of hydrogen-bond acceptors (Lipinski definition) is 2. The van der Waals surface area contributed by atoms with Crippen molar-refractivity contribution in [2.75, 3.05) is 6.54 Å². The van der Waals surface area contributed by atoms with E-state index in [2.05, 4.69) is 17.1 Å². The molecule has 2 heterocycles. The van der Waals surface area contributed by atoms with Gasteiger partial charge in [-0.05, 0) is 45.1 Å². The smallest absolute Gasteiger partial charge is 0.0116 e. The fraction of sp³-hybridized carbons (Fsp3) is 1.00. The molecule has 0 aromatic carbocycles. The standard InChI is InChI=1S/C12H22N2/c1-2-13-9-7-11-5-6-12(8-9)14(11)10-3-4-10/h9-13H,2-8H2,1H3. The third-order valence-corrected chi connectivity index (χ3v) is 4.25. The lowest BCUT2D eigenvalue weighted by Crippen LogP contribution is -2.49. The summed E-state index contributed by atoms with van der Waals surface area (Å²) in [7, 11) is 0. The topological polar surface area (TPSA) is 15.3 Å². The zero-order valence-corrected chi connectivity index (χ0v) is 9.21. The van der Waals surface area contributed by atoms with Gasteiger partial charge in [-0.25, -0.2) is 0 Å². The van der Waals surface area contributed by atoms with E-state index in [4.69, 9.17) is 0 Å². The van der Waals surface area contributed by atoms with E-state index in [1.54, 1.807) is 0 Å². The highest BCUT2D eigenvalue weighted by atomic mass is 15.3. The van der Waals surface area contributed by atoms with Gasteiger partial charge in [0.2, 0.25) is 0 Å². The first-order valence-corrected chi connectivity index (χ1v) is 6.39. The Kier molecular flexibility index (Phi) is 2.29. The van der Waals surface area contributed by atoms with E-state index in [0.717, 1.165) is 30.7 Å². The van der Waals surface area contributed by atoms with Gasteiger partial charge in [0, 0.05) is 24.2 Å². The first-order valence-electron chi connectivity index (χ1n) is 6.39. The number of piperidine rings is 1. The second kappa shape index (κ2) is 3.49. The SMILES string of the molecule is CCNC1CC2CCC(C1)N2C1CC1. The Labute approximate surface area is 87.0 Å². The molecule has 0 amide bonds. The lowest BCUT2D eigenvalue weighted by Gasteiger charge is -2.39. The molecule has 1 N–H and O–H groups in total. The van der Waals surface area contributed by atoms with Crippen molar-refractivity contribution >= 4 is 0 Å². The quantitative estimate of drug-likeness (QED) is 0.736.